The van der Waals surface area contributed by atoms with Crippen molar-refractivity contribution >= 4 is 5.91 Å². The van der Waals surface area contributed by atoms with Crippen LogP contribution in [-0.2, 0) is 6.42 Å². The third-order valence-corrected chi connectivity index (χ3v) is 4.12. The Bertz CT molecular complexity index is 563. The SMILES string of the molecule is O=C(c1ccoc1)N1CCCN(CCCc2ccco2)CC1. The number of rotatable bonds is 5. The van der Waals surface area contributed by atoms with E-state index in [1.54, 1.807) is 18.6 Å². The standard InChI is InChI=1S/C17H22N2O3/c20-17(15-6-13-21-14-15)19-9-3-8-18(10-11-19)7-1-4-16-5-2-12-22-16/h2,5-6,12-14H,1,3-4,7-11H2. The largest absolute Gasteiger partial charge is 0.472 e. The molecule has 22 heavy (non-hydrogen) atoms. The van der Waals surface area contributed by atoms with E-state index in [-0.39, 0.29) is 5.91 Å². The van der Waals surface area contributed by atoms with Crippen LogP contribution in [0.4, 0.5) is 0 Å². The van der Waals surface area contributed by atoms with E-state index in [0.717, 1.165) is 57.7 Å². The summed E-state index contributed by atoms with van der Waals surface area (Å²) in [5.41, 5.74) is 0.645. The number of aryl methyl sites for hydroxylation is 1. The fraction of sp³-hybridized carbons (Fsp3) is 0.471. The molecule has 0 atom stereocenters. The first-order valence-corrected chi connectivity index (χ1v) is 7.89. The van der Waals surface area contributed by atoms with Gasteiger partial charge in [0.1, 0.15) is 12.0 Å². The maximum Gasteiger partial charge on any atom is 0.257 e. The van der Waals surface area contributed by atoms with Gasteiger partial charge < -0.3 is 18.6 Å². The van der Waals surface area contributed by atoms with Gasteiger partial charge in [-0.15, -0.1) is 0 Å². The van der Waals surface area contributed by atoms with Gasteiger partial charge >= 0.3 is 0 Å². The zero-order chi connectivity index (χ0) is 15.2. The van der Waals surface area contributed by atoms with Crippen molar-refractivity contribution in [3.05, 3.63) is 48.3 Å². The van der Waals surface area contributed by atoms with E-state index < -0.39 is 0 Å². The molecule has 1 aliphatic heterocycles. The van der Waals surface area contributed by atoms with Crippen molar-refractivity contribution < 1.29 is 13.6 Å². The highest BCUT2D eigenvalue weighted by atomic mass is 16.3. The smallest absolute Gasteiger partial charge is 0.257 e. The average Bonchev–Trinajstić information content (AvgIpc) is 3.18. The zero-order valence-corrected chi connectivity index (χ0v) is 12.7. The van der Waals surface area contributed by atoms with E-state index in [4.69, 9.17) is 8.83 Å². The first-order valence-electron chi connectivity index (χ1n) is 7.89. The highest BCUT2D eigenvalue weighted by Gasteiger charge is 2.20. The number of furan rings is 2. The maximum atomic E-state index is 12.3. The van der Waals surface area contributed by atoms with Crippen LogP contribution in [0.25, 0.3) is 0 Å². The van der Waals surface area contributed by atoms with Crippen molar-refractivity contribution in [2.24, 2.45) is 0 Å². The molecule has 0 radical (unpaired) electrons. The minimum atomic E-state index is 0.0752. The maximum absolute atomic E-state index is 12.3. The first-order chi connectivity index (χ1) is 10.8. The summed E-state index contributed by atoms with van der Waals surface area (Å²) in [5, 5.41) is 0. The van der Waals surface area contributed by atoms with Gasteiger partial charge in [0, 0.05) is 26.1 Å². The number of nitrogens with zero attached hydrogens (tertiary/aromatic N) is 2. The average molecular weight is 302 g/mol. The van der Waals surface area contributed by atoms with Crippen molar-refractivity contribution in [1.82, 2.24) is 9.80 Å². The third kappa shape index (κ3) is 3.80. The predicted molar refractivity (Wildman–Crippen MR) is 82.7 cm³/mol. The molecule has 1 amide bonds. The number of amides is 1. The quantitative estimate of drug-likeness (QED) is 0.852. The number of hydrogen-bond donors (Lipinski definition) is 0. The summed E-state index contributed by atoms with van der Waals surface area (Å²) >= 11 is 0. The zero-order valence-electron chi connectivity index (χ0n) is 12.7. The Balaban J connectivity index is 1.44. The molecule has 1 fully saturated rings. The predicted octanol–water partition coefficient (Wildman–Crippen LogP) is 2.65. The van der Waals surface area contributed by atoms with Crippen LogP contribution in [-0.4, -0.2) is 48.4 Å². The molecule has 3 heterocycles. The molecule has 3 rings (SSSR count). The molecule has 5 heteroatoms. The molecule has 0 aromatic carbocycles. The van der Waals surface area contributed by atoms with Crippen LogP contribution < -0.4 is 0 Å². The van der Waals surface area contributed by atoms with Crippen molar-refractivity contribution in [1.29, 1.82) is 0 Å². The second kappa shape index (κ2) is 7.31. The topological polar surface area (TPSA) is 49.8 Å². The molecule has 0 saturated carbocycles. The van der Waals surface area contributed by atoms with Gasteiger partial charge in [-0.1, -0.05) is 0 Å². The molecule has 0 spiro atoms. The first kappa shape index (κ1) is 14.9. The lowest BCUT2D eigenvalue weighted by Gasteiger charge is -2.21. The summed E-state index contributed by atoms with van der Waals surface area (Å²) in [4.78, 5) is 16.7. The molecule has 2 aromatic heterocycles. The van der Waals surface area contributed by atoms with Gasteiger partial charge in [0.05, 0.1) is 18.1 Å². The number of carbonyl (C=O) groups is 1. The van der Waals surface area contributed by atoms with Crippen LogP contribution in [0, 0.1) is 0 Å². The van der Waals surface area contributed by atoms with E-state index in [1.807, 2.05) is 17.0 Å². The molecule has 5 nitrogen and oxygen atoms in total. The highest BCUT2D eigenvalue weighted by Crippen LogP contribution is 2.11. The van der Waals surface area contributed by atoms with E-state index >= 15 is 0 Å². The van der Waals surface area contributed by atoms with Gasteiger partial charge in [0.2, 0.25) is 0 Å². The fourth-order valence-corrected chi connectivity index (χ4v) is 2.90. The normalized spacial score (nSPS) is 16.6. The van der Waals surface area contributed by atoms with Crippen LogP contribution in [0.3, 0.4) is 0 Å². The van der Waals surface area contributed by atoms with Crippen molar-refractivity contribution in [2.45, 2.75) is 19.3 Å². The minimum Gasteiger partial charge on any atom is -0.472 e. The summed E-state index contributed by atoms with van der Waals surface area (Å²) in [6.45, 7) is 4.63. The molecule has 1 aliphatic rings. The summed E-state index contributed by atoms with van der Waals surface area (Å²) in [6, 6.07) is 5.68. The Hall–Kier alpha value is -2.01. The molecule has 1 saturated heterocycles. The molecular formula is C17H22N2O3. The molecule has 2 aromatic rings. The lowest BCUT2D eigenvalue weighted by molar-refractivity contribution is 0.0760. The summed E-state index contributed by atoms with van der Waals surface area (Å²) in [6.07, 6.45) is 7.87. The lowest BCUT2D eigenvalue weighted by atomic mass is 10.2. The van der Waals surface area contributed by atoms with Crippen LogP contribution >= 0.6 is 0 Å². The van der Waals surface area contributed by atoms with Gasteiger partial charge in [-0.3, -0.25) is 4.79 Å². The molecule has 0 unspecified atom stereocenters. The van der Waals surface area contributed by atoms with Gasteiger partial charge in [0.25, 0.3) is 5.91 Å². The van der Waals surface area contributed by atoms with E-state index in [0.29, 0.717) is 5.56 Å². The minimum absolute atomic E-state index is 0.0752. The summed E-state index contributed by atoms with van der Waals surface area (Å²) < 4.78 is 10.4. The van der Waals surface area contributed by atoms with Gasteiger partial charge in [-0.2, -0.15) is 0 Å². The molecule has 0 aliphatic carbocycles. The molecule has 118 valence electrons. The Labute approximate surface area is 130 Å². The third-order valence-electron chi connectivity index (χ3n) is 4.12. The van der Waals surface area contributed by atoms with E-state index in [2.05, 4.69) is 4.90 Å². The van der Waals surface area contributed by atoms with Crippen LogP contribution in [0.1, 0.15) is 29.0 Å². The van der Waals surface area contributed by atoms with Crippen LogP contribution in [0.2, 0.25) is 0 Å². The Morgan fingerprint density at radius 2 is 2.09 bits per heavy atom. The van der Waals surface area contributed by atoms with E-state index in [9.17, 15) is 4.79 Å². The lowest BCUT2D eigenvalue weighted by Crippen LogP contribution is -2.35. The monoisotopic (exact) mass is 302 g/mol. The van der Waals surface area contributed by atoms with Crippen molar-refractivity contribution in [2.75, 3.05) is 32.7 Å². The van der Waals surface area contributed by atoms with Crippen molar-refractivity contribution in [3.63, 3.8) is 0 Å². The Morgan fingerprint density at radius 3 is 2.86 bits per heavy atom. The van der Waals surface area contributed by atoms with Gasteiger partial charge in [-0.25, -0.2) is 0 Å². The second-order valence-electron chi connectivity index (χ2n) is 5.68. The Kier molecular flexibility index (Phi) is 4.96. The molecule has 0 N–H and O–H groups in total. The Morgan fingerprint density at radius 1 is 1.14 bits per heavy atom. The molecule has 0 bridgehead atoms. The molecular weight excluding hydrogens is 280 g/mol. The number of carbonyl (C=O) groups excluding carboxylic acids is 1. The second-order valence-corrected chi connectivity index (χ2v) is 5.68. The highest BCUT2D eigenvalue weighted by molar-refractivity contribution is 5.93. The van der Waals surface area contributed by atoms with Gasteiger partial charge in [0.15, 0.2) is 0 Å². The fourth-order valence-electron chi connectivity index (χ4n) is 2.90. The van der Waals surface area contributed by atoms with Crippen molar-refractivity contribution in [3.8, 4) is 0 Å². The number of hydrogen-bond acceptors (Lipinski definition) is 4. The van der Waals surface area contributed by atoms with Gasteiger partial charge in [-0.05, 0) is 44.1 Å². The van der Waals surface area contributed by atoms with E-state index in [1.165, 1.54) is 6.26 Å². The van der Waals surface area contributed by atoms with Crippen LogP contribution in [0.15, 0.2) is 45.8 Å². The van der Waals surface area contributed by atoms with Crippen LogP contribution in [0.5, 0.6) is 0 Å². The summed E-state index contributed by atoms with van der Waals surface area (Å²) in [7, 11) is 0. The summed E-state index contributed by atoms with van der Waals surface area (Å²) in [5.74, 6) is 1.12.